The molecule has 4 heteroatoms. The zero-order chi connectivity index (χ0) is 11.5. The van der Waals surface area contributed by atoms with Crippen molar-refractivity contribution in [1.82, 2.24) is 4.90 Å². The predicted molar refractivity (Wildman–Crippen MR) is 62.2 cm³/mol. The largest absolute Gasteiger partial charge is 0.388 e. The predicted octanol–water partition coefficient (Wildman–Crippen LogP) is 1.20. The van der Waals surface area contributed by atoms with Gasteiger partial charge < -0.3 is 10.5 Å². The van der Waals surface area contributed by atoms with Crippen LogP contribution in [-0.2, 0) is 4.74 Å². The highest BCUT2D eigenvalue weighted by atomic mass is 16.5. The van der Waals surface area contributed by atoms with Crippen molar-refractivity contribution in [2.75, 3.05) is 19.6 Å². The lowest BCUT2D eigenvalue weighted by Gasteiger charge is -2.41. The minimum atomic E-state index is -0.0477. The molecule has 0 radical (unpaired) electrons. The summed E-state index contributed by atoms with van der Waals surface area (Å²) in [5.74, 6) is 0.288. The lowest BCUT2D eigenvalue weighted by atomic mass is 10.1. The molecule has 1 aliphatic rings. The van der Waals surface area contributed by atoms with Crippen molar-refractivity contribution in [2.24, 2.45) is 5.73 Å². The second-order valence-electron chi connectivity index (χ2n) is 5.05. The van der Waals surface area contributed by atoms with Crippen LogP contribution in [0.2, 0.25) is 0 Å². The number of hydrogen-bond acceptors (Lipinski definition) is 3. The summed E-state index contributed by atoms with van der Waals surface area (Å²) in [6.07, 6.45) is 1.97. The van der Waals surface area contributed by atoms with Gasteiger partial charge in [0.15, 0.2) is 0 Å². The van der Waals surface area contributed by atoms with E-state index in [1.165, 1.54) is 0 Å². The molecule has 4 nitrogen and oxygen atoms in total. The summed E-state index contributed by atoms with van der Waals surface area (Å²) in [7, 11) is 0. The van der Waals surface area contributed by atoms with Gasteiger partial charge in [-0.1, -0.05) is 0 Å². The third-order valence-electron chi connectivity index (χ3n) is 2.56. The van der Waals surface area contributed by atoms with Crippen LogP contribution < -0.4 is 5.73 Å². The Kier molecular flexibility index (Phi) is 4.11. The Balaban J connectivity index is 2.32. The van der Waals surface area contributed by atoms with Crippen molar-refractivity contribution in [2.45, 2.75) is 45.3 Å². The van der Waals surface area contributed by atoms with Crippen molar-refractivity contribution < 1.29 is 4.74 Å². The smallest absolute Gasteiger partial charge is 0.0905 e. The molecular weight excluding hydrogens is 190 g/mol. The Morgan fingerprint density at radius 3 is 2.80 bits per heavy atom. The van der Waals surface area contributed by atoms with Crippen LogP contribution in [0.5, 0.6) is 0 Å². The van der Waals surface area contributed by atoms with E-state index in [0.717, 1.165) is 26.1 Å². The van der Waals surface area contributed by atoms with E-state index < -0.39 is 0 Å². The van der Waals surface area contributed by atoms with Gasteiger partial charge in [0.1, 0.15) is 0 Å². The molecule has 0 saturated carbocycles. The average molecular weight is 213 g/mol. The van der Waals surface area contributed by atoms with Gasteiger partial charge in [0.2, 0.25) is 0 Å². The fourth-order valence-corrected chi connectivity index (χ4v) is 2.25. The van der Waals surface area contributed by atoms with Gasteiger partial charge in [-0.15, -0.1) is 0 Å². The second-order valence-corrected chi connectivity index (χ2v) is 5.05. The van der Waals surface area contributed by atoms with Crippen molar-refractivity contribution >= 4 is 5.84 Å². The van der Waals surface area contributed by atoms with Crippen molar-refractivity contribution in [1.29, 1.82) is 5.41 Å². The van der Waals surface area contributed by atoms with Crippen LogP contribution in [-0.4, -0.2) is 42.1 Å². The number of amidine groups is 1. The fourth-order valence-electron chi connectivity index (χ4n) is 2.25. The van der Waals surface area contributed by atoms with Crippen LogP contribution in [0.15, 0.2) is 0 Å². The first-order valence-corrected chi connectivity index (χ1v) is 5.62. The maximum absolute atomic E-state index is 7.16. The lowest BCUT2D eigenvalue weighted by molar-refractivity contribution is -0.128. The van der Waals surface area contributed by atoms with Crippen LogP contribution in [0.3, 0.4) is 0 Å². The summed E-state index contributed by atoms with van der Waals surface area (Å²) in [6.45, 7) is 9.33. The molecule has 0 spiro atoms. The zero-order valence-corrected chi connectivity index (χ0v) is 10.0. The lowest BCUT2D eigenvalue weighted by Crippen LogP contribution is -2.52. The van der Waals surface area contributed by atoms with E-state index in [2.05, 4.69) is 25.7 Å². The van der Waals surface area contributed by atoms with E-state index >= 15 is 0 Å². The Bertz CT molecular complexity index is 228. The van der Waals surface area contributed by atoms with Gasteiger partial charge in [-0.2, -0.15) is 0 Å². The number of morpholine rings is 1. The molecule has 1 rings (SSSR count). The number of ether oxygens (including phenoxy) is 1. The molecule has 88 valence electrons. The molecule has 0 aromatic carbocycles. The van der Waals surface area contributed by atoms with Gasteiger partial charge in [-0.3, -0.25) is 10.3 Å². The number of nitrogens with zero attached hydrogens (tertiary/aromatic N) is 1. The van der Waals surface area contributed by atoms with Crippen molar-refractivity contribution in [3.8, 4) is 0 Å². The second kappa shape index (κ2) is 4.94. The maximum Gasteiger partial charge on any atom is 0.0905 e. The molecule has 0 bridgehead atoms. The molecule has 1 unspecified atom stereocenters. The van der Waals surface area contributed by atoms with Crippen LogP contribution in [0, 0.1) is 5.41 Å². The summed E-state index contributed by atoms with van der Waals surface area (Å²) >= 11 is 0. The summed E-state index contributed by atoms with van der Waals surface area (Å²) in [4.78, 5) is 2.40. The number of hydrogen-bond donors (Lipinski definition) is 2. The topological polar surface area (TPSA) is 62.3 Å². The summed E-state index contributed by atoms with van der Waals surface area (Å²) < 4.78 is 5.82. The van der Waals surface area contributed by atoms with Gasteiger partial charge in [0, 0.05) is 19.5 Å². The molecule has 1 heterocycles. The van der Waals surface area contributed by atoms with Gasteiger partial charge >= 0.3 is 0 Å². The highest BCUT2D eigenvalue weighted by Crippen LogP contribution is 2.20. The fraction of sp³-hybridized carbons (Fsp3) is 0.909. The average Bonchev–Trinajstić information content (AvgIpc) is 1.98. The number of rotatable bonds is 4. The minimum absolute atomic E-state index is 0.0477. The molecule has 1 atom stereocenters. The third kappa shape index (κ3) is 4.62. The zero-order valence-electron chi connectivity index (χ0n) is 10.0. The first-order chi connectivity index (χ1) is 6.89. The highest BCUT2D eigenvalue weighted by Gasteiger charge is 2.30. The van der Waals surface area contributed by atoms with E-state index in [-0.39, 0.29) is 11.4 Å². The minimum Gasteiger partial charge on any atom is -0.388 e. The van der Waals surface area contributed by atoms with Crippen molar-refractivity contribution in [3.63, 3.8) is 0 Å². The normalized spacial score (nSPS) is 26.5. The summed E-state index contributed by atoms with van der Waals surface area (Å²) in [5.41, 5.74) is 5.28. The van der Waals surface area contributed by atoms with Crippen LogP contribution >= 0.6 is 0 Å². The van der Waals surface area contributed by atoms with Crippen LogP contribution in [0.1, 0.15) is 33.6 Å². The first-order valence-electron chi connectivity index (χ1n) is 5.62. The van der Waals surface area contributed by atoms with Gasteiger partial charge in [0.25, 0.3) is 0 Å². The van der Waals surface area contributed by atoms with E-state index in [1.807, 2.05) is 0 Å². The molecule has 0 amide bonds. The Morgan fingerprint density at radius 2 is 2.27 bits per heavy atom. The third-order valence-corrected chi connectivity index (χ3v) is 2.56. The van der Waals surface area contributed by atoms with E-state index in [0.29, 0.717) is 12.5 Å². The molecule has 1 aliphatic heterocycles. The number of nitrogens with two attached hydrogens (primary N) is 1. The molecule has 0 aromatic heterocycles. The van der Waals surface area contributed by atoms with E-state index in [9.17, 15) is 0 Å². The number of nitrogens with one attached hydrogen (secondary N) is 1. The molecule has 3 N–H and O–H groups in total. The standard InChI is InChI=1S/C11H23N3O/c1-9-7-14(6-4-5-10(12)13)8-11(2,3)15-9/h9H,4-8H2,1-3H3,(H3,12,13). The molecule has 15 heavy (non-hydrogen) atoms. The molecule has 0 aromatic rings. The Labute approximate surface area is 92.3 Å². The maximum atomic E-state index is 7.16. The first kappa shape index (κ1) is 12.5. The summed E-state index contributed by atoms with van der Waals surface area (Å²) in [6, 6.07) is 0. The molecule has 1 saturated heterocycles. The molecule has 0 aliphatic carbocycles. The molecular formula is C11H23N3O. The van der Waals surface area contributed by atoms with Crippen LogP contribution in [0.25, 0.3) is 0 Å². The van der Waals surface area contributed by atoms with Crippen LogP contribution in [0.4, 0.5) is 0 Å². The van der Waals surface area contributed by atoms with Crippen molar-refractivity contribution in [3.05, 3.63) is 0 Å². The van der Waals surface area contributed by atoms with E-state index in [4.69, 9.17) is 15.9 Å². The molecule has 1 fully saturated rings. The monoisotopic (exact) mass is 213 g/mol. The van der Waals surface area contributed by atoms with Gasteiger partial charge in [-0.25, -0.2) is 0 Å². The van der Waals surface area contributed by atoms with Gasteiger partial charge in [-0.05, 0) is 33.7 Å². The quantitative estimate of drug-likeness (QED) is 0.545. The van der Waals surface area contributed by atoms with Gasteiger partial charge in [0.05, 0.1) is 17.5 Å². The summed E-state index contributed by atoms with van der Waals surface area (Å²) in [5, 5.41) is 7.16. The highest BCUT2D eigenvalue weighted by molar-refractivity contribution is 5.76. The SMILES string of the molecule is CC1CN(CCCC(=N)N)CC(C)(C)O1. The Hall–Kier alpha value is -0.610. The Morgan fingerprint density at radius 1 is 1.60 bits per heavy atom. The van der Waals surface area contributed by atoms with E-state index in [1.54, 1.807) is 0 Å².